The highest BCUT2D eigenvalue weighted by atomic mass is 19.1. The number of nitrogens with two attached hydrogens (primary N) is 2. The molecule has 0 aliphatic heterocycles. The standard InChI is InChI=1S/C20H26FN9O3/c1-4-33-10-15(11(2)22)27-19-14(21)8-13(17(23)31)18(28-19)26-12-7-16(20(32-3)24-9-12)30-6-5-25-29-30/h5-9,11,15H,4,10,22H2,1-3H3,(H2,23,31)(H2,26,27,28)/t11-,15+/m0/s1. The molecule has 33 heavy (non-hydrogen) atoms. The minimum atomic E-state index is -0.855. The molecule has 0 spiro atoms. The Bertz CT molecular complexity index is 1090. The van der Waals surface area contributed by atoms with Crippen LogP contribution in [0.3, 0.4) is 0 Å². The van der Waals surface area contributed by atoms with Crippen LogP contribution in [-0.4, -0.2) is 63.3 Å². The van der Waals surface area contributed by atoms with Gasteiger partial charge < -0.3 is 31.6 Å². The Hall–Kier alpha value is -3.84. The van der Waals surface area contributed by atoms with Crippen molar-refractivity contribution in [3.8, 4) is 11.6 Å². The zero-order valence-corrected chi connectivity index (χ0v) is 18.4. The summed E-state index contributed by atoms with van der Waals surface area (Å²) < 4.78 is 26.9. The van der Waals surface area contributed by atoms with E-state index >= 15 is 0 Å². The summed E-state index contributed by atoms with van der Waals surface area (Å²) in [6.07, 6.45) is 4.58. The van der Waals surface area contributed by atoms with Crippen molar-refractivity contribution in [1.82, 2.24) is 25.0 Å². The summed E-state index contributed by atoms with van der Waals surface area (Å²) in [6.45, 7) is 4.34. The van der Waals surface area contributed by atoms with Gasteiger partial charge in [-0.1, -0.05) is 5.21 Å². The van der Waals surface area contributed by atoms with E-state index in [1.165, 1.54) is 24.2 Å². The second kappa shape index (κ2) is 10.7. The van der Waals surface area contributed by atoms with E-state index in [1.54, 1.807) is 19.2 Å². The van der Waals surface area contributed by atoms with Crippen molar-refractivity contribution in [3.05, 3.63) is 42.1 Å². The first-order valence-corrected chi connectivity index (χ1v) is 10.1. The number of hydrogen-bond acceptors (Lipinski definition) is 10. The van der Waals surface area contributed by atoms with Crippen LogP contribution in [0.5, 0.6) is 5.88 Å². The maximum atomic E-state index is 14.7. The molecule has 12 nitrogen and oxygen atoms in total. The van der Waals surface area contributed by atoms with E-state index < -0.39 is 17.8 Å². The smallest absolute Gasteiger partial charge is 0.252 e. The Labute approximate surface area is 189 Å². The van der Waals surface area contributed by atoms with Crippen molar-refractivity contribution in [2.75, 3.05) is 31.0 Å². The van der Waals surface area contributed by atoms with Crippen molar-refractivity contribution in [2.24, 2.45) is 11.5 Å². The minimum Gasteiger partial charge on any atom is -0.479 e. The molecule has 0 radical (unpaired) electrons. The number of nitrogens with zero attached hydrogens (tertiary/aromatic N) is 5. The molecule has 0 bridgehead atoms. The summed E-state index contributed by atoms with van der Waals surface area (Å²) in [5.74, 6) is -1.39. The van der Waals surface area contributed by atoms with E-state index in [2.05, 4.69) is 30.9 Å². The number of halogens is 1. The normalized spacial score (nSPS) is 12.8. The number of methoxy groups -OCH3 is 1. The first kappa shape index (κ1) is 23.8. The maximum Gasteiger partial charge on any atom is 0.252 e. The molecule has 0 saturated heterocycles. The molecule has 0 aliphatic carbocycles. The molecule has 6 N–H and O–H groups in total. The van der Waals surface area contributed by atoms with Gasteiger partial charge in [-0.3, -0.25) is 4.79 Å². The topological polar surface area (TPSA) is 168 Å². The Morgan fingerprint density at radius 3 is 2.73 bits per heavy atom. The van der Waals surface area contributed by atoms with Gasteiger partial charge >= 0.3 is 0 Å². The van der Waals surface area contributed by atoms with Crippen LogP contribution in [0.25, 0.3) is 5.69 Å². The van der Waals surface area contributed by atoms with Crippen LogP contribution in [-0.2, 0) is 4.74 Å². The lowest BCUT2D eigenvalue weighted by Crippen LogP contribution is -2.42. The van der Waals surface area contributed by atoms with Gasteiger partial charge in [0.05, 0.1) is 49.6 Å². The number of ether oxygens (including phenoxy) is 2. The third kappa shape index (κ3) is 5.70. The van der Waals surface area contributed by atoms with E-state index in [1.807, 2.05) is 6.92 Å². The first-order chi connectivity index (χ1) is 15.8. The molecule has 0 aliphatic rings. The maximum absolute atomic E-state index is 14.7. The Balaban J connectivity index is 1.97. The van der Waals surface area contributed by atoms with Crippen LogP contribution in [0.4, 0.5) is 21.7 Å². The number of nitrogens with one attached hydrogen (secondary N) is 2. The largest absolute Gasteiger partial charge is 0.479 e. The fraction of sp³-hybridized carbons (Fsp3) is 0.350. The van der Waals surface area contributed by atoms with Gasteiger partial charge in [-0.15, -0.1) is 5.10 Å². The van der Waals surface area contributed by atoms with Gasteiger partial charge in [0.1, 0.15) is 11.5 Å². The fourth-order valence-electron chi connectivity index (χ4n) is 2.92. The van der Waals surface area contributed by atoms with Crippen LogP contribution < -0.4 is 26.8 Å². The number of carbonyl (C=O) groups is 1. The Kier molecular flexibility index (Phi) is 7.69. The molecule has 3 aromatic heterocycles. The number of primary amides is 1. The van der Waals surface area contributed by atoms with E-state index in [-0.39, 0.29) is 29.8 Å². The fourth-order valence-corrected chi connectivity index (χ4v) is 2.92. The number of hydrogen-bond donors (Lipinski definition) is 4. The molecule has 3 rings (SSSR count). The highest BCUT2D eigenvalue weighted by Crippen LogP contribution is 2.27. The molecule has 2 atom stereocenters. The van der Waals surface area contributed by atoms with Gasteiger partial charge in [0.15, 0.2) is 11.6 Å². The van der Waals surface area contributed by atoms with Gasteiger partial charge in [0.2, 0.25) is 5.88 Å². The zero-order valence-electron chi connectivity index (χ0n) is 18.4. The third-order valence-corrected chi connectivity index (χ3v) is 4.66. The summed E-state index contributed by atoms with van der Waals surface area (Å²) in [4.78, 5) is 20.4. The summed E-state index contributed by atoms with van der Waals surface area (Å²) in [5, 5.41) is 13.6. The van der Waals surface area contributed by atoms with Gasteiger partial charge in [0.25, 0.3) is 5.91 Å². The van der Waals surface area contributed by atoms with Crippen molar-refractivity contribution in [2.45, 2.75) is 25.9 Å². The molecule has 0 unspecified atom stereocenters. The monoisotopic (exact) mass is 459 g/mol. The lowest BCUT2D eigenvalue weighted by Gasteiger charge is -2.23. The zero-order chi connectivity index (χ0) is 24.0. The molecule has 176 valence electrons. The summed E-state index contributed by atoms with van der Waals surface area (Å²) in [5.41, 5.74) is 12.2. The molecular weight excluding hydrogens is 433 g/mol. The van der Waals surface area contributed by atoms with Gasteiger partial charge in [-0.2, -0.15) is 0 Å². The van der Waals surface area contributed by atoms with Crippen molar-refractivity contribution < 1.29 is 18.7 Å². The average molecular weight is 459 g/mol. The predicted octanol–water partition coefficient (Wildman–Crippen LogP) is 1.21. The highest BCUT2D eigenvalue weighted by Gasteiger charge is 2.21. The quantitative estimate of drug-likeness (QED) is 0.327. The van der Waals surface area contributed by atoms with Crippen LogP contribution in [0.2, 0.25) is 0 Å². The summed E-state index contributed by atoms with van der Waals surface area (Å²) in [7, 11) is 1.47. The first-order valence-electron chi connectivity index (χ1n) is 10.1. The number of pyridine rings is 2. The molecule has 3 aromatic rings. The van der Waals surface area contributed by atoms with E-state index in [9.17, 15) is 9.18 Å². The Morgan fingerprint density at radius 2 is 2.12 bits per heavy atom. The lowest BCUT2D eigenvalue weighted by molar-refractivity contribution is 0.100. The second-order valence-electron chi connectivity index (χ2n) is 7.07. The molecule has 0 fully saturated rings. The molecule has 13 heteroatoms. The van der Waals surface area contributed by atoms with Crippen molar-refractivity contribution in [1.29, 1.82) is 0 Å². The molecular formula is C20H26FN9O3. The minimum absolute atomic E-state index is 0.0303. The molecule has 1 amide bonds. The predicted molar refractivity (Wildman–Crippen MR) is 119 cm³/mol. The lowest BCUT2D eigenvalue weighted by atomic mass is 10.1. The average Bonchev–Trinajstić information content (AvgIpc) is 3.32. The van der Waals surface area contributed by atoms with E-state index in [4.69, 9.17) is 20.9 Å². The molecule has 0 saturated carbocycles. The van der Waals surface area contributed by atoms with Crippen molar-refractivity contribution >= 4 is 23.2 Å². The second-order valence-corrected chi connectivity index (χ2v) is 7.07. The number of amides is 1. The van der Waals surface area contributed by atoms with Crippen LogP contribution >= 0.6 is 0 Å². The number of aromatic nitrogens is 5. The van der Waals surface area contributed by atoms with Gasteiger partial charge in [-0.05, 0) is 26.0 Å². The third-order valence-electron chi connectivity index (χ3n) is 4.66. The van der Waals surface area contributed by atoms with E-state index in [0.29, 0.717) is 23.9 Å². The Morgan fingerprint density at radius 1 is 1.33 bits per heavy atom. The van der Waals surface area contributed by atoms with Crippen LogP contribution in [0.1, 0.15) is 24.2 Å². The van der Waals surface area contributed by atoms with Crippen molar-refractivity contribution in [3.63, 3.8) is 0 Å². The highest BCUT2D eigenvalue weighted by molar-refractivity contribution is 5.98. The molecule has 3 heterocycles. The number of carbonyl (C=O) groups excluding carboxylic acids is 1. The van der Waals surface area contributed by atoms with E-state index in [0.717, 1.165) is 6.07 Å². The van der Waals surface area contributed by atoms with Crippen LogP contribution in [0.15, 0.2) is 30.7 Å². The summed E-state index contributed by atoms with van der Waals surface area (Å²) in [6, 6.07) is 1.89. The number of rotatable bonds is 11. The SMILES string of the molecule is CCOC[C@@H](Nc1nc(Nc2cnc(OC)c(-n3ccnn3)c2)c(C(N)=O)cc1F)[C@H](C)N. The van der Waals surface area contributed by atoms with Crippen LogP contribution in [0, 0.1) is 5.82 Å². The molecule has 0 aromatic carbocycles. The summed E-state index contributed by atoms with van der Waals surface area (Å²) >= 11 is 0. The number of anilines is 3. The van der Waals surface area contributed by atoms with Gasteiger partial charge in [0, 0.05) is 12.6 Å². The van der Waals surface area contributed by atoms with Gasteiger partial charge in [-0.25, -0.2) is 19.0 Å².